The van der Waals surface area contributed by atoms with E-state index >= 15 is 0 Å². The third-order valence-electron chi connectivity index (χ3n) is 5.00. The van der Waals surface area contributed by atoms with Crippen molar-refractivity contribution < 1.29 is 0 Å². The molecule has 0 saturated carbocycles. The minimum atomic E-state index is -0.654. The molecule has 0 aromatic heterocycles. The van der Waals surface area contributed by atoms with Crippen molar-refractivity contribution in [2.45, 2.75) is 98.3 Å². The van der Waals surface area contributed by atoms with Crippen LogP contribution in [-0.2, 0) is 0 Å². The van der Waals surface area contributed by atoms with Gasteiger partial charge in [-0.2, -0.15) is 0 Å². The summed E-state index contributed by atoms with van der Waals surface area (Å²) in [7, 11) is -1.01. The van der Waals surface area contributed by atoms with Crippen molar-refractivity contribution >= 4 is 89.8 Å². The fourth-order valence-electron chi connectivity index (χ4n) is 1.00. The third kappa shape index (κ3) is 19.7. The van der Waals surface area contributed by atoms with E-state index in [1.165, 1.54) is 0 Å². The predicted octanol–water partition coefficient (Wildman–Crippen LogP) is 6.29. The second-order valence-electron chi connectivity index (χ2n) is 8.25. The number of hydrogen-bond donors (Lipinski definition) is 0. The standard InChI is InChI=1S/2C6H18Si3.4CH3.2Sn/c2*1-7(2)9(5,6)8(3)4;;;;;;/h2*1-6H3;4*1H3;;. The SMILES string of the molecule is C[Si](C)[Si](C)(C)[Si](C)C.C[Si](C)[Si](C)(C)[Si](C)C.[CH3][Sn][CH3].[CH3][Sn][CH3]. The molecule has 0 aromatic carbocycles. The molecule has 8 radical (unpaired) electrons. The maximum atomic E-state index is 2.57. The van der Waals surface area contributed by atoms with E-state index in [0.29, 0.717) is 0 Å². The van der Waals surface area contributed by atoms with Crippen LogP contribution in [0.3, 0.4) is 0 Å². The van der Waals surface area contributed by atoms with Crippen LogP contribution in [0.4, 0.5) is 0 Å². The molecular formula is C16H48Si6Sn2. The molecule has 0 unspecified atom stereocenters. The van der Waals surface area contributed by atoms with Gasteiger partial charge in [0.1, 0.15) is 0 Å². The zero-order valence-electron chi connectivity index (χ0n) is 20.0. The van der Waals surface area contributed by atoms with Crippen LogP contribution in [0.15, 0.2) is 0 Å². The summed E-state index contributed by atoms with van der Waals surface area (Å²) in [6.45, 7) is 30.1. The first-order chi connectivity index (χ1) is 10.6. The Kier molecular flexibility index (Phi) is 27.6. The molecule has 8 heteroatoms. The first kappa shape index (κ1) is 34.4. The molecular weight excluding hydrogens is 598 g/mol. The van der Waals surface area contributed by atoms with Gasteiger partial charge in [0.2, 0.25) is 0 Å². The van der Waals surface area contributed by atoms with Gasteiger partial charge in [0.05, 0.1) is 0 Å². The van der Waals surface area contributed by atoms with Crippen LogP contribution >= 0.6 is 0 Å². The first-order valence-corrected chi connectivity index (χ1v) is 40.4. The van der Waals surface area contributed by atoms with E-state index < -0.39 is 14.2 Å². The Morgan fingerprint density at radius 2 is 0.500 bits per heavy atom. The second-order valence-corrected chi connectivity index (χ2v) is 58.5. The quantitative estimate of drug-likeness (QED) is 0.315. The monoisotopic (exact) mass is 648 g/mol. The Labute approximate surface area is 186 Å². The fraction of sp³-hybridized carbons (Fsp3) is 1.00. The Bertz CT molecular complexity index is 211. The molecule has 0 aliphatic carbocycles. The average Bonchev–Trinajstić information content (AvgIpc) is 2.40. The van der Waals surface area contributed by atoms with Crippen molar-refractivity contribution in [3.63, 3.8) is 0 Å². The van der Waals surface area contributed by atoms with Gasteiger partial charge in [-0.15, -0.1) is 0 Å². The van der Waals surface area contributed by atoms with Crippen LogP contribution in [0, 0.1) is 0 Å². The van der Waals surface area contributed by atoms with Gasteiger partial charge in [-0.3, -0.25) is 0 Å². The molecule has 0 heterocycles. The van der Waals surface area contributed by atoms with Crippen molar-refractivity contribution in [1.82, 2.24) is 0 Å². The Morgan fingerprint density at radius 3 is 0.500 bits per heavy atom. The molecule has 0 spiro atoms. The van der Waals surface area contributed by atoms with Gasteiger partial charge < -0.3 is 0 Å². The Hall–Kier alpha value is 2.90. The average molecular weight is 646 g/mol. The summed E-state index contributed by atoms with van der Waals surface area (Å²) in [6.07, 6.45) is 0. The molecule has 0 nitrogen and oxygen atoms in total. The van der Waals surface area contributed by atoms with Gasteiger partial charge in [-0.1, -0.05) is 78.6 Å². The molecule has 0 saturated heterocycles. The van der Waals surface area contributed by atoms with Gasteiger partial charge in [0.15, 0.2) is 0 Å². The summed E-state index contributed by atoms with van der Waals surface area (Å²) in [4.78, 5) is 9.18. The molecule has 0 N–H and O–H groups in total. The van der Waals surface area contributed by atoms with E-state index in [9.17, 15) is 0 Å². The molecule has 0 aliphatic heterocycles. The summed E-state index contributed by atoms with van der Waals surface area (Å²) in [5, 5.41) is 0. The van der Waals surface area contributed by atoms with E-state index in [1.807, 2.05) is 0 Å². The normalized spacial score (nSPS) is 11.5. The fourth-order valence-corrected chi connectivity index (χ4v) is 27.0. The Morgan fingerprint density at radius 1 is 0.417 bits per heavy atom. The van der Waals surface area contributed by atoms with Gasteiger partial charge in [-0.05, 0) is 0 Å². The van der Waals surface area contributed by atoms with E-state index in [-0.39, 0.29) is 75.5 Å². The molecule has 0 amide bonds. The Balaban J connectivity index is -0.000000126. The summed E-state index contributed by atoms with van der Waals surface area (Å²) in [5.41, 5.74) is 0. The van der Waals surface area contributed by atoms with Crippen molar-refractivity contribution in [3.8, 4) is 0 Å². The molecule has 0 aliphatic rings. The molecule has 0 atom stereocenters. The van der Waals surface area contributed by atoms with Crippen LogP contribution in [0.5, 0.6) is 0 Å². The summed E-state index contributed by atoms with van der Waals surface area (Å²) in [6, 6.07) is 0. The van der Waals surface area contributed by atoms with E-state index in [2.05, 4.69) is 98.3 Å². The summed E-state index contributed by atoms with van der Waals surface area (Å²) < 4.78 is 0. The van der Waals surface area contributed by atoms with Gasteiger partial charge in [0, 0.05) is 47.5 Å². The van der Waals surface area contributed by atoms with Crippen molar-refractivity contribution in [3.05, 3.63) is 0 Å². The van der Waals surface area contributed by atoms with Crippen LogP contribution in [0.2, 0.25) is 98.3 Å². The van der Waals surface area contributed by atoms with Crippen LogP contribution in [0.1, 0.15) is 0 Å². The van der Waals surface area contributed by atoms with E-state index in [4.69, 9.17) is 0 Å². The van der Waals surface area contributed by atoms with Crippen molar-refractivity contribution in [2.24, 2.45) is 0 Å². The maximum absolute atomic E-state index is 2.57. The molecule has 144 valence electrons. The van der Waals surface area contributed by atoms with Gasteiger partial charge in [-0.25, -0.2) is 0 Å². The molecule has 0 rings (SSSR count). The van der Waals surface area contributed by atoms with Crippen LogP contribution < -0.4 is 0 Å². The van der Waals surface area contributed by atoms with Gasteiger partial charge in [0.25, 0.3) is 0 Å². The number of rotatable bonds is 4. The van der Waals surface area contributed by atoms with Crippen molar-refractivity contribution in [2.75, 3.05) is 0 Å². The topological polar surface area (TPSA) is 0 Å². The zero-order chi connectivity index (χ0) is 20.7. The van der Waals surface area contributed by atoms with E-state index in [1.54, 1.807) is 0 Å². The molecule has 0 fully saturated rings. The van der Waals surface area contributed by atoms with E-state index in [0.717, 1.165) is 0 Å². The zero-order valence-corrected chi connectivity index (χ0v) is 31.7. The predicted molar refractivity (Wildman–Crippen MR) is 140 cm³/mol. The van der Waals surface area contributed by atoms with Crippen LogP contribution in [0.25, 0.3) is 0 Å². The summed E-state index contributed by atoms with van der Waals surface area (Å²) >= 11 is 0.460. The minimum absolute atomic E-state index is 0.0738. The molecule has 0 bridgehead atoms. The van der Waals surface area contributed by atoms with Crippen LogP contribution in [-0.4, -0.2) is 89.8 Å². The third-order valence-corrected chi connectivity index (χ3v) is 63.0. The molecule has 0 aromatic rings. The molecule has 24 heavy (non-hydrogen) atoms. The van der Waals surface area contributed by atoms with Crippen molar-refractivity contribution in [1.29, 1.82) is 0 Å². The summed E-state index contributed by atoms with van der Waals surface area (Å²) in [5.74, 6) is 0. The second kappa shape index (κ2) is 19.2. The van der Waals surface area contributed by atoms with Gasteiger partial charge >= 0.3 is 62.0 Å². The number of hydrogen-bond acceptors (Lipinski definition) is 0. The first-order valence-electron chi connectivity index (χ1n) is 9.00.